The average Bonchev–Trinajstić information content (AvgIpc) is 2.47. The molecule has 1 atom stereocenters. The second-order valence-electron chi connectivity index (χ2n) is 4.42. The molecule has 0 saturated carbocycles. The third-order valence-electron chi connectivity index (χ3n) is 2.86. The molecule has 2 rings (SSSR count). The fourth-order valence-corrected chi connectivity index (χ4v) is 2.31. The fraction of sp³-hybridized carbons (Fsp3) is 0.133. The maximum atomic E-state index is 12.1. The van der Waals surface area contributed by atoms with Gasteiger partial charge in [-0.15, -0.1) is 0 Å². The molecule has 2 N–H and O–H groups in total. The Morgan fingerprint density at radius 3 is 2.71 bits per heavy atom. The van der Waals surface area contributed by atoms with E-state index in [2.05, 4.69) is 26.2 Å². The highest BCUT2D eigenvalue weighted by atomic mass is 79.9. The number of aromatic nitrogens is 1. The van der Waals surface area contributed by atoms with Crippen LogP contribution in [0.5, 0.6) is 0 Å². The van der Waals surface area contributed by atoms with Crippen LogP contribution in [-0.2, 0) is 4.79 Å². The van der Waals surface area contributed by atoms with Crippen molar-refractivity contribution in [1.82, 2.24) is 10.3 Å². The summed E-state index contributed by atoms with van der Waals surface area (Å²) in [6.45, 7) is 0. The summed E-state index contributed by atoms with van der Waals surface area (Å²) in [4.78, 5) is 27.0. The largest absolute Gasteiger partial charge is 0.481 e. The van der Waals surface area contributed by atoms with Gasteiger partial charge in [0.25, 0.3) is 5.91 Å². The zero-order valence-electron chi connectivity index (χ0n) is 11.0. The van der Waals surface area contributed by atoms with E-state index in [4.69, 9.17) is 5.11 Å². The minimum atomic E-state index is -0.980. The molecule has 0 unspecified atom stereocenters. The summed E-state index contributed by atoms with van der Waals surface area (Å²) in [5.41, 5.74) is 1.12. The molecule has 0 aliphatic carbocycles. The maximum absolute atomic E-state index is 12.1. The number of halogens is 1. The molecule has 0 spiro atoms. The fourth-order valence-electron chi connectivity index (χ4n) is 1.89. The minimum Gasteiger partial charge on any atom is -0.481 e. The van der Waals surface area contributed by atoms with E-state index in [1.54, 1.807) is 36.5 Å². The van der Waals surface area contributed by atoms with Crippen LogP contribution in [0.3, 0.4) is 0 Å². The molecule has 0 saturated heterocycles. The molecule has 0 aliphatic heterocycles. The van der Waals surface area contributed by atoms with Crippen molar-refractivity contribution in [1.29, 1.82) is 0 Å². The van der Waals surface area contributed by atoms with Crippen LogP contribution in [0.1, 0.15) is 28.4 Å². The topological polar surface area (TPSA) is 79.3 Å². The predicted octanol–water partition coefficient (Wildman–Crippen LogP) is 2.79. The van der Waals surface area contributed by atoms with Crippen molar-refractivity contribution in [3.63, 3.8) is 0 Å². The van der Waals surface area contributed by atoms with Gasteiger partial charge >= 0.3 is 5.97 Å². The van der Waals surface area contributed by atoms with Gasteiger partial charge in [-0.05, 0) is 29.8 Å². The van der Waals surface area contributed by atoms with E-state index < -0.39 is 12.0 Å². The molecule has 108 valence electrons. The number of nitrogens with one attached hydrogen (secondary N) is 1. The highest BCUT2D eigenvalue weighted by Gasteiger charge is 2.19. The first kappa shape index (κ1) is 15.2. The van der Waals surface area contributed by atoms with Gasteiger partial charge in [-0.2, -0.15) is 0 Å². The minimum absolute atomic E-state index is 0.192. The van der Waals surface area contributed by atoms with Crippen molar-refractivity contribution in [2.75, 3.05) is 0 Å². The van der Waals surface area contributed by atoms with Crippen molar-refractivity contribution in [2.24, 2.45) is 0 Å². The molecule has 0 aliphatic rings. The Kier molecular flexibility index (Phi) is 5.05. The number of carbonyl (C=O) groups excluding carboxylic acids is 1. The smallest absolute Gasteiger partial charge is 0.305 e. The average molecular weight is 349 g/mol. The summed E-state index contributed by atoms with van der Waals surface area (Å²) >= 11 is 3.34. The van der Waals surface area contributed by atoms with Gasteiger partial charge < -0.3 is 10.4 Å². The normalized spacial score (nSPS) is 11.7. The Bertz CT molecular complexity index is 646. The van der Waals surface area contributed by atoms with Crippen molar-refractivity contribution < 1.29 is 14.7 Å². The first-order chi connectivity index (χ1) is 10.1. The molecule has 6 heteroatoms. The number of carbonyl (C=O) groups is 2. The number of hydrogen-bond acceptors (Lipinski definition) is 3. The highest BCUT2D eigenvalue weighted by molar-refractivity contribution is 9.10. The predicted molar refractivity (Wildman–Crippen MR) is 80.8 cm³/mol. The van der Waals surface area contributed by atoms with E-state index in [1.807, 2.05) is 6.07 Å². The monoisotopic (exact) mass is 348 g/mol. The van der Waals surface area contributed by atoms with E-state index in [0.717, 1.165) is 10.0 Å². The van der Waals surface area contributed by atoms with E-state index in [-0.39, 0.29) is 12.3 Å². The number of aliphatic carboxylic acids is 1. The van der Waals surface area contributed by atoms with Gasteiger partial charge in [0.05, 0.1) is 18.0 Å². The Morgan fingerprint density at radius 1 is 1.29 bits per heavy atom. The quantitative estimate of drug-likeness (QED) is 0.870. The van der Waals surface area contributed by atoms with E-state index in [1.165, 1.54) is 6.20 Å². The second-order valence-corrected chi connectivity index (χ2v) is 5.34. The van der Waals surface area contributed by atoms with Crippen LogP contribution in [0.4, 0.5) is 0 Å². The van der Waals surface area contributed by atoms with E-state index >= 15 is 0 Å². The third-order valence-corrected chi connectivity index (χ3v) is 3.35. The standard InChI is InChI=1S/C15H13BrN2O3/c16-12-5-1-3-10(7-12)13(8-14(19)20)18-15(21)11-4-2-6-17-9-11/h1-7,9,13H,8H2,(H,18,21)(H,19,20)/t13-/m1/s1. The first-order valence-electron chi connectivity index (χ1n) is 6.24. The van der Waals surface area contributed by atoms with Gasteiger partial charge in [0.15, 0.2) is 0 Å². The lowest BCUT2D eigenvalue weighted by Crippen LogP contribution is -2.30. The number of nitrogens with zero attached hydrogens (tertiary/aromatic N) is 1. The Morgan fingerprint density at radius 2 is 2.10 bits per heavy atom. The molecule has 1 amide bonds. The van der Waals surface area contributed by atoms with Crippen molar-refractivity contribution in [3.05, 3.63) is 64.4 Å². The van der Waals surface area contributed by atoms with Gasteiger partial charge in [-0.3, -0.25) is 14.6 Å². The molecule has 0 fully saturated rings. The van der Waals surface area contributed by atoms with E-state index in [9.17, 15) is 9.59 Å². The van der Waals surface area contributed by atoms with Crippen molar-refractivity contribution in [3.8, 4) is 0 Å². The Hall–Kier alpha value is -2.21. The van der Waals surface area contributed by atoms with Gasteiger partial charge in [-0.1, -0.05) is 28.1 Å². The van der Waals surface area contributed by atoms with Crippen molar-refractivity contribution >= 4 is 27.8 Å². The van der Waals surface area contributed by atoms with Gasteiger partial charge in [0, 0.05) is 16.9 Å². The molecule has 1 heterocycles. The van der Waals surface area contributed by atoms with Crippen LogP contribution in [0, 0.1) is 0 Å². The van der Waals surface area contributed by atoms with Crippen LogP contribution in [0.2, 0.25) is 0 Å². The first-order valence-corrected chi connectivity index (χ1v) is 7.03. The number of rotatable bonds is 5. The number of hydrogen-bond donors (Lipinski definition) is 2. The Balaban J connectivity index is 2.21. The van der Waals surface area contributed by atoms with Gasteiger partial charge in [0.1, 0.15) is 0 Å². The van der Waals surface area contributed by atoms with Crippen LogP contribution < -0.4 is 5.32 Å². The molecule has 5 nitrogen and oxygen atoms in total. The van der Waals surface area contributed by atoms with Gasteiger partial charge in [0.2, 0.25) is 0 Å². The molecule has 0 radical (unpaired) electrons. The molecular formula is C15H13BrN2O3. The summed E-state index contributed by atoms with van der Waals surface area (Å²) in [6.07, 6.45) is 2.82. The maximum Gasteiger partial charge on any atom is 0.305 e. The van der Waals surface area contributed by atoms with Gasteiger partial charge in [-0.25, -0.2) is 0 Å². The summed E-state index contributed by atoms with van der Waals surface area (Å²) in [5, 5.41) is 11.8. The number of carboxylic acids is 1. The summed E-state index contributed by atoms with van der Waals surface area (Å²) in [6, 6.07) is 9.88. The Labute approximate surface area is 130 Å². The lowest BCUT2D eigenvalue weighted by Gasteiger charge is -2.17. The highest BCUT2D eigenvalue weighted by Crippen LogP contribution is 2.21. The van der Waals surface area contributed by atoms with E-state index in [0.29, 0.717) is 5.56 Å². The van der Waals surface area contributed by atoms with Crippen LogP contribution in [0.15, 0.2) is 53.3 Å². The zero-order chi connectivity index (χ0) is 15.2. The molecule has 0 bridgehead atoms. The van der Waals surface area contributed by atoms with Crippen LogP contribution in [-0.4, -0.2) is 22.0 Å². The van der Waals surface area contributed by atoms with Crippen LogP contribution >= 0.6 is 15.9 Å². The number of pyridine rings is 1. The molecule has 1 aromatic carbocycles. The lowest BCUT2D eigenvalue weighted by atomic mass is 10.0. The van der Waals surface area contributed by atoms with Crippen molar-refractivity contribution in [2.45, 2.75) is 12.5 Å². The molecule has 2 aromatic rings. The lowest BCUT2D eigenvalue weighted by molar-refractivity contribution is -0.137. The SMILES string of the molecule is O=C(O)C[C@@H](NC(=O)c1cccnc1)c1cccc(Br)c1. The number of amides is 1. The summed E-state index contributed by atoms with van der Waals surface area (Å²) in [5.74, 6) is -1.33. The molecule has 1 aromatic heterocycles. The molecular weight excluding hydrogens is 336 g/mol. The number of carboxylic acid groups (broad SMARTS) is 1. The summed E-state index contributed by atoms with van der Waals surface area (Å²) < 4.78 is 0.825. The second kappa shape index (κ2) is 6.99. The zero-order valence-corrected chi connectivity index (χ0v) is 12.6. The number of benzene rings is 1. The third kappa shape index (κ3) is 4.39. The molecule has 21 heavy (non-hydrogen) atoms. The summed E-state index contributed by atoms with van der Waals surface area (Å²) in [7, 11) is 0. The van der Waals surface area contributed by atoms with Crippen LogP contribution in [0.25, 0.3) is 0 Å².